The van der Waals surface area contributed by atoms with Gasteiger partial charge in [0, 0.05) is 0 Å². The minimum absolute atomic E-state index is 0. The molecular formula is C9H18Fe. The Morgan fingerprint density at radius 1 is 1.60 bits per heavy atom. The standard InChI is InChI=1S/C8H15.CH3.Fe/c1-4-7-8(5-2)6-3;;/h5-6,8H,2,4,7H2,1,3H3;1H3;/q2*-1;+2/t8-;;/m1../s1. The van der Waals surface area contributed by atoms with E-state index in [0.717, 1.165) is 0 Å². The molecule has 0 rings (SSSR count). The molecule has 0 heterocycles. The Balaban J connectivity index is -0.000000245. The molecule has 10 heavy (non-hydrogen) atoms. The van der Waals surface area contributed by atoms with Gasteiger partial charge in [0.2, 0.25) is 0 Å². The maximum absolute atomic E-state index is 3.72. The topological polar surface area (TPSA) is 0 Å². The first-order valence-corrected chi connectivity index (χ1v) is 3.27. The molecule has 62 valence electrons. The minimum Gasteiger partial charge on any atom is -0.358 e. The van der Waals surface area contributed by atoms with E-state index in [9.17, 15) is 0 Å². The van der Waals surface area contributed by atoms with E-state index >= 15 is 0 Å². The fourth-order valence-corrected chi connectivity index (χ4v) is 0.754. The second-order valence-electron chi connectivity index (χ2n) is 2.02. The molecule has 0 radical (unpaired) electrons. The second kappa shape index (κ2) is 12.0. The van der Waals surface area contributed by atoms with E-state index in [1.807, 2.05) is 6.08 Å². The molecule has 0 unspecified atom stereocenters. The maximum atomic E-state index is 3.72. The van der Waals surface area contributed by atoms with E-state index < -0.39 is 0 Å². The zero-order valence-electron chi connectivity index (χ0n) is 7.21. The van der Waals surface area contributed by atoms with Gasteiger partial charge in [-0.3, -0.25) is 0 Å². The summed E-state index contributed by atoms with van der Waals surface area (Å²) in [5.41, 5.74) is 0. The van der Waals surface area contributed by atoms with Crippen LogP contribution in [0.4, 0.5) is 0 Å². The van der Waals surface area contributed by atoms with Gasteiger partial charge in [-0.15, -0.1) is 18.6 Å². The third kappa shape index (κ3) is 8.26. The van der Waals surface area contributed by atoms with Crippen molar-refractivity contribution in [2.24, 2.45) is 5.92 Å². The van der Waals surface area contributed by atoms with Crippen molar-refractivity contribution in [2.75, 3.05) is 0 Å². The third-order valence-electron chi connectivity index (χ3n) is 1.35. The van der Waals surface area contributed by atoms with Crippen LogP contribution in [0, 0.1) is 19.8 Å². The van der Waals surface area contributed by atoms with Crippen LogP contribution in [-0.2, 0) is 17.1 Å². The molecule has 0 aromatic rings. The molecule has 0 spiro atoms. The predicted molar refractivity (Wildman–Crippen MR) is 45.0 cm³/mol. The summed E-state index contributed by atoms with van der Waals surface area (Å²) < 4.78 is 0. The van der Waals surface area contributed by atoms with Gasteiger partial charge in [-0.1, -0.05) is 19.8 Å². The van der Waals surface area contributed by atoms with Crippen molar-refractivity contribution >= 4 is 0 Å². The molecule has 0 fully saturated rings. The first kappa shape index (κ1) is 16.7. The number of hydrogen-bond donors (Lipinski definition) is 0. The zero-order valence-corrected chi connectivity index (χ0v) is 8.31. The average molecular weight is 182 g/mol. The van der Waals surface area contributed by atoms with Gasteiger partial charge in [-0.05, 0) is 0 Å². The van der Waals surface area contributed by atoms with Crippen molar-refractivity contribution < 1.29 is 17.1 Å². The maximum Gasteiger partial charge on any atom is 2.00 e. The second-order valence-corrected chi connectivity index (χ2v) is 2.02. The fourth-order valence-electron chi connectivity index (χ4n) is 0.754. The number of hydrogen-bond acceptors (Lipinski definition) is 0. The molecule has 0 amide bonds. The van der Waals surface area contributed by atoms with Crippen LogP contribution in [-0.4, -0.2) is 0 Å². The van der Waals surface area contributed by atoms with Crippen LogP contribution in [0.15, 0.2) is 12.7 Å². The van der Waals surface area contributed by atoms with E-state index in [4.69, 9.17) is 0 Å². The van der Waals surface area contributed by atoms with Crippen LogP contribution < -0.4 is 0 Å². The van der Waals surface area contributed by atoms with Crippen molar-refractivity contribution in [3.63, 3.8) is 0 Å². The predicted octanol–water partition coefficient (Wildman–Crippen LogP) is 3.26. The summed E-state index contributed by atoms with van der Waals surface area (Å²) in [6, 6.07) is 0. The van der Waals surface area contributed by atoms with Crippen LogP contribution >= 0.6 is 0 Å². The smallest absolute Gasteiger partial charge is 0.358 e. The van der Waals surface area contributed by atoms with Gasteiger partial charge in [-0.2, -0.15) is 6.92 Å². The van der Waals surface area contributed by atoms with E-state index in [1.165, 1.54) is 12.8 Å². The summed E-state index contributed by atoms with van der Waals surface area (Å²) >= 11 is 0. The number of rotatable bonds is 4. The van der Waals surface area contributed by atoms with E-state index in [0.29, 0.717) is 5.92 Å². The molecule has 0 aliphatic heterocycles. The van der Waals surface area contributed by atoms with Crippen LogP contribution in [0.2, 0.25) is 0 Å². The molecular weight excluding hydrogens is 164 g/mol. The summed E-state index contributed by atoms with van der Waals surface area (Å²) in [6.07, 6.45) is 6.70. The fraction of sp³-hybridized carbons (Fsp3) is 0.556. The van der Waals surface area contributed by atoms with Crippen molar-refractivity contribution in [3.8, 4) is 0 Å². The molecule has 1 atom stereocenters. The molecule has 0 saturated carbocycles. The summed E-state index contributed by atoms with van der Waals surface area (Å²) in [5.74, 6) is 0.639. The Bertz CT molecular complexity index is 59.7. The van der Waals surface area contributed by atoms with Crippen LogP contribution in [0.1, 0.15) is 26.7 Å². The summed E-state index contributed by atoms with van der Waals surface area (Å²) in [6.45, 7) is 8.00. The Labute approximate surface area is 76.6 Å². The number of allylic oxidation sites excluding steroid dienone is 1. The Morgan fingerprint density at radius 2 is 2.10 bits per heavy atom. The monoisotopic (exact) mass is 182 g/mol. The molecule has 0 aromatic carbocycles. The van der Waals surface area contributed by atoms with E-state index in [1.54, 1.807) is 0 Å². The molecule has 0 aliphatic rings. The van der Waals surface area contributed by atoms with Crippen LogP contribution in [0.3, 0.4) is 0 Å². The summed E-state index contributed by atoms with van der Waals surface area (Å²) in [4.78, 5) is 0. The molecule has 0 aromatic heterocycles. The molecule has 0 saturated heterocycles. The molecule has 0 aliphatic carbocycles. The Kier molecular flexibility index (Phi) is 20.0. The molecule has 0 N–H and O–H groups in total. The third-order valence-corrected chi connectivity index (χ3v) is 1.35. The average Bonchev–Trinajstić information content (AvgIpc) is 1.83. The Morgan fingerprint density at radius 3 is 2.20 bits per heavy atom. The first-order valence-electron chi connectivity index (χ1n) is 3.27. The van der Waals surface area contributed by atoms with Crippen molar-refractivity contribution in [3.05, 3.63) is 26.5 Å². The SMILES string of the molecule is C=C[C@H]([CH-]C)CCC.[CH3-].[Fe+2]. The van der Waals surface area contributed by atoms with Gasteiger partial charge in [0.1, 0.15) is 0 Å². The van der Waals surface area contributed by atoms with Gasteiger partial charge < -0.3 is 13.8 Å². The van der Waals surface area contributed by atoms with Crippen LogP contribution in [0.5, 0.6) is 0 Å². The van der Waals surface area contributed by atoms with Gasteiger partial charge in [0.05, 0.1) is 0 Å². The minimum atomic E-state index is 0. The van der Waals surface area contributed by atoms with Crippen molar-refractivity contribution in [1.82, 2.24) is 0 Å². The van der Waals surface area contributed by atoms with Crippen molar-refractivity contribution in [2.45, 2.75) is 26.7 Å². The first-order chi connectivity index (χ1) is 3.85. The van der Waals surface area contributed by atoms with Crippen molar-refractivity contribution in [1.29, 1.82) is 0 Å². The normalized spacial score (nSPS) is 10.6. The van der Waals surface area contributed by atoms with Crippen LogP contribution in [0.25, 0.3) is 0 Å². The molecule has 0 bridgehead atoms. The van der Waals surface area contributed by atoms with Gasteiger partial charge >= 0.3 is 17.1 Å². The quantitative estimate of drug-likeness (QED) is 0.355. The summed E-state index contributed by atoms with van der Waals surface area (Å²) in [5, 5.41) is 0. The molecule has 0 nitrogen and oxygen atoms in total. The molecule has 1 heteroatoms. The summed E-state index contributed by atoms with van der Waals surface area (Å²) in [7, 11) is 0. The van der Waals surface area contributed by atoms with Gasteiger partial charge in [0.15, 0.2) is 0 Å². The van der Waals surface area contributed by atoms with Gasteiger partial charge in [-0.25, -0.2) is 0 Å². The van der Waals surface area contributed by atoms with E-state index in [-0.39, 0.29) is 24.5 Å². The Hall–Kier alpha value is 0.259. The zero-order chi connectivity index (χ0) is 6.41. The van der Waals surface area contributed by atoms with E-state index in [2.05, 4.69) is 26.8 Å². The van der Waals surface area contributed by atoms with Gasteiger partial charge in [0.25, 0.3) is 0 Å². The largest absolute Gasteiger partial charge is 2.00 e.